The predicted octanol–water partition coefficient (Wildman–Crippen LogP) is 2.34. The average Bonchev–Trinajstić information content (AvgIpc) is 2.30. The van der Waals surface area contributed by atoms with Gasteiger partial charge in [-0.25, -0.2) is 19.6 Å². The van der Waals surface area contributed by atoms with Crippen molar-refractivity contribution in [2.45, 2.75) is 39.7 Å². The van der Waals surface area contributed by atoms with Crippen molar-refractivity contribution in [3.05, 3.63) is 0 Å². The Morgan fingerprint density at radius 3 is 2.47 bits per heavy atom. The van der Waals surface area contributed by atoms with Crippen molar-refractivity contribution in [3.63, 3.8) is 0 Å². The van der Waals surface area contributed by atoms with Crippen LogP contribution in [0.3, 0.4) is 0 Å². The molecule has 0 N–H and O–H groups in total. The van der Waals surface area contributed by atoms with E-state index in [1.54, 1.807) is 12.2 Å². The van der Waals surface area contributed by atoms with Crippen molar-refractivity contribution in [1.29, 1.82) is 0 Å². The molecule has 0 aromatic heterocycles. The molecule has 1 fully saturated rings. The van der Waals surface area contributed by atoms with Gasteiger partial charge in [0.25, 0.3) is 0 Å². The number of hydrogen-bond acceptors (Lipinski definition) is 4. The number of nitrogens with zero attached hydrogens (tertiary/aromatic N) is 2. The second kappa shape index (κ2) is 6.48. The van der Waals surface area contributed by atoms with Crippen LogP contribution in [-0.4, -0.2) is 24.7 Å². The Hall–Kier alpha value is -1.24. The van der Waals surface area contributed by atoms with E-state index in [-0.39, 0.29) is 12.0 Å². The van der Waals surface area contributed by atoms with Crippen molar-refractivity contribution in [1.82, 2.24) is 0 Å². The highest BCUT2D eigenvalue weighted by Gasteiger charge is 2.36. The van der Waals surface area contributed by atoms with Crippen molar-refractivity contribution in [2.24, 2.45) is 33.7 Å². The molecule has 0 saturated heterocycles. The molecule has 1 rings (SSSR count). The number of carbonyl (C=O) groups excluding carboxylic acids is 2. The molecular formula is C13H20N2O2. The second-order valence-electron chi connectivity index (χ2n) is 5.31. The summed E-state index contributed by atoms with van der Waals surface area (Å²) in [5, 5.41) is 0. The maximum Gasteiger partial charge on any atom is 0.235 e. The van der Waals surface area contributed by atoms with E-state index in [2.05, 4.69) is 30.8 Å². The molecule has 0 aromatic rings. The zero-order chi connectivity index (χ0) is 12.8. The minimum atomic E-state index is 0.0282. The first-order valence-corrected chi connectivity index (χ1v) is 6.20. The molecule has 4 heteroatoms. The summed E-state index contributed by atoms with van der Waals surface area (Å²) in [5.41, 5.74) is 0. The summed E-state index contributed by atoms with van der Waals surface area (Å²) in [4.78, 5) is 28.2. The molecule has 17 heavy (non-hydrogen) atoms. The molecule has 0 radical (unpaired) electrons. The van der Waals surface area contributed by atoms with E-state index in [0.717, 1.165) is 12.8 Å². The lowest BCUT2D eigenvalue weighted by atomic mass is 9.69. The van der Waals surface area contributed by atoms with Crippen molar-refractivity contribution < 1.29 is 9.59 Å². The average molecular weight is 236 g/mol. The van der Waals surface area contributed by atoms with E-state index in [0.29, 0.717) is 24.3 Å². The highest BCUT2D eigenvalue weighted by molar-refractivity contribution is 5.34. The third kappa shape index (κ3) is 3.62. The van der Waals surface area contributed by atoms with Crippen LogP contribution in [0.1, 0.15) is 33.6 Å². The Balaban J connectivity index is 2.81. The summed E-state index contributed by atoms with van der Waals surface area (Å²) in [6.07, 6.45) is 5.25. The lowest BCUT2D eigenvalue weighted by molar-refractivity contribution is 0.140. The van der Waals surface area contributed by atoms with Gasteiger partial charge in [0.1, 0.15) is 0 Å². The first kappa shape index (κ1) is 13.8. The van der Waals surface area contributed by atoms with E-state index in [9.17, 15) is 9.59 Å². The maximum absolute atomic E-state index is 10.4. The van der Waals surface area contributed by atoms with Crippen LogP contribution >= 0.6 is 0 Å². The molecule has 0 heterocycles. The Kier molecular flexibility index (Phi) is 5.27. The highest BCUT2D eigenvalue weighted by Crippen LogP contribution is 2.39. The zero-order valence-corrected chi connectivity index (χ0v) is 10.7. The van der Waals surface area contributed by atoms with E-state index in [1.807, 2.05) is 0 Å². The Labute approximate surface area is 102 Å². The summed E-state index contributed by atoms with van der Waals surface area (Å²) in [6, 6.07) is 0.0282. The monoisotopic (exact) mass is 236 g/mol. The number of isocyanates is 2. The Morgan fingerprint density at radius 1 is 1.24 bits per heavy atom. The number of aliphatic imine (C=N–C) groups is 2. The molecule has 94 valence electrons. The fraction of sp³-hybridized carbons (Fsp3) is 0.846. The smallest absolute Gasteiger partial charge is 0.211 e. The van der Waals surface area contributed by atoms with Crippen LogP contribution in [0.25, 0.3) is 0 Å². The van der Waals surface area contributed by atoms with Crippen molar-refractivity contribution in [2.75, 3.05) is 6.54 Å². The molecule has 0 spiro atoms. The van der Waals surface area contributed by atoms with Gasteiger partial charge < -0.3 is 0 Å². The molecule has 0 aromatic carbocycles. The number of rotatable bonds is 4. The fourth-order valence-corrected chi connectivity index (χ4v) is 2.72. The topological polar surface area (TPSA) is 58.9 Å². The third-order valence-corrected chi connectivity index (χ3v) is 4.05. The molecule has 0 amide bonds. The fourth-order valence-electron chi connectivity index (χ4n) is 2.72. The quantitative estimate of drug-likeness (QED) is 0.555. The largest absolute Gasteiger partial charge is 0.235 e. The standard InChI is InChI=1S/C13H20N2O2/c1-9(2)11-4-12(6-14-7-16)10(3)13(5-11)15-8-17/h9-13H,4-6H2,1-3H3. The molecule has 4 nitrogen and oxygen atoms in total. The molecule has 4 unspecified atom stereocenters. The minimum Gasteiger partial charge on any atom is -0.211 e. The summed E-state index contributed by atoms with van der Waals surface area (Å²) in [5.74, 6) is 1.71. The zero-order valence-electron chi connectivity index (χ0n) is 10.7. The first-order valence-electron chi connectivity index (χ1n) is 6.20. The first-order chi connectivity index (χ1) is 8.10. The van der Waals surface area contributed by atoms with Crippen molar-refractivity contribution in [3.8, 4) is 0 Å². The van der Waals surface area contributed by atoms with Gasteiger partial charge in [-0.05, 0) is 36.5 Å². The summed E-state index contributed by atoms with van der Waals surface area (Å²) < 4.78 is 0. The van der Waals surface area contributed by atoms with Crippen LogP contribution in [0.2, 0.25) is 0 Å². The molecule has 0 aliphatic heterocycles. The van der Waals surface area contributed by atoms with Gasteiger partial charge in [-0.15, -0.1) is 0 Å². The summed E-state index contributed by atoms with van der Waals surface area (Å²) in [6.45, 7) is 6.94. The predicted molar refractivity (Wildman–Crippen MR) is 65.1 cm³/mol. The van der Waals surface area contributed by atoms with Gasteiger partial charge in [0.15, 0.2) is 0 Å². The van der Waals surface area contributed by atoms with Gasteiger partial charge in [0.2, 0.25) is 12.2 Å². The molecule has 1 aliphatic carbocycles. The van der Waals surface area contributed by atoms with Gasteiger partial charge in [-0.2, -0.15) is 0 Å². The maximum atomic E-state index is 10.4. The van der Waals surface area contributed by atoms with Crippen molar-refractivity contribution >= 4 is 12.2 Å². The lowest BCUT2D eigenvalue weighted by Crippen LogP contribution is -2.37. The third-order valence-electron chi connectivity index (χ3n) is 4.05. The van der Waals surface area contributed by atoms with Gasteiger partial charge in [-0.3, -0.25) is 0 Å². The van der Waals surface area contributed by atoms with Crippen LogP contribution in [0.4, 0.5) is 0 Å². The van der Waals surface area contributed by atoms with Gasteiger partial charge >= 0.3 is 0 Å². The summed E-state index contributed by atoms with van der Waals surface area (Å²) >= 11 is 0. The van der Waals surface area contributed by atoms with Crippen LogP contribution in [0, 0.1) is 23.7 Å². The van der Waals surface area contributed by atoms with E-state index in [1.165, 1.54) is 0 Å². The Bertz CT molecular complexity index is 341. The summed E-state index contributed by atoms with van der Waals surface area (Å²) in [7, 11) is 0. The highest BCUT2D eigenvalue weighted by atomic mass is 16.1. The minimum absolute atomic E-state index is 0.0282. The van der Waals surface area contributed by atoms with Gasteiger partial charge in [0, 0.05) is 0 Å². The molecular weight excluding hydrogens is 216 g/mol. The van der Waals surface area contributed by atoms with Crippen LogP contribution in [-0.2, 0) is 9.59 Å². The number of hydrogen-bond donors (Lipinski definition) is 0. The molecule has 1 aliphatic rings. The van der Waals surface area contributed by atoms with Crippen LogP contribution in [0.15, 0.2) is 9.98 Å². The normalized spacial score (nSPS) is 32.7. The Morgan fingerprint density at radius 2 is 1.94 bits per heavy atom. The molecule has 4 atom stereocenters. The van der Waals surface area contributed by atoms with E-state index >= 15 is 0 Å². The van der Waals surface area contributed by atoms with Gasteiger partial charge in [0.05, 0.1) is 12.6 Å². The van der Waals surface area contributed by atoms with Crippen LogP contribution in [0.5, 0.6) is 0 Å². The van der Waals surface area contributed by atoms with Gasteiger partial charge in [-0.1, -0.05) is 20.8 Å². The molecule has 0 bridgehead atoms. The van der Waals surface area contributed by atoms with Crippen LogP contribution < -0.4 is 0 Å². The van der Waals surface area contributed by atoms with E-state index < -0.39 is 0 Å². The SMILES string of the molecule is CC(C)C1CC(CN=C=O)C(C)C(N=C=O)C1. The lowest BCUT2D eigenvalue weighted by Gasteiger charge is -2.38. The second-order valence-corrected chi connectivity index (χ2v) is 5.31. The van der Waals surface area contributed by atoms with E-state index in [4.69, 9.17) is 0 Å². The molecule has 1 saturated carbocycles.